The van der Waals surface area contributed by atoms with Crippen LogP contribution in [0.4, 0.5) is 0 Å². The van der Waals surface area contributed by atoms with E-state index in [1.165, 1.54) is 161 Å². The number of aliphatic hydroxyl groups is 1. The number of phosphoric acid groups is 2. The molecular formula is C70H136O17P2. The van der Waals surface area contributed by atoms with Crippen LogP contribution in [-0.2, 0) is 65.4 Å². The second-order valence-electron chi connectivity index (χ2n) is 26.0. The Hall–Kier alpha value is -1.94. The molecule has 528 valence electrons. The molecule has 0 aromatic heterocycles. The van der Waals surface area contributed by atoms with Gasteiger partial charge < -0.3 is 33.8 Å². The summed E-state index contributed by atoms with van der Waals surface area (Å²) in [6.45, 7) is 9.52. The van der Waals surface area contributed by atoms with Crippen LogP contribution in [0, 0.1) is 11.8 Å². The Morgan fingerprint density at radius 1 is 0.326 bits per heavy atom. The number of esters is 4. The first-order chi connectivity index (χ1) is 42.9. The predicted octanol–water partition coefficient (Wildman–Crippen LogP) is 20.0. The molecule has 0 rings (SSSR count). The van der Waals surface area contributed by atoms with Crippen molar-refractivity contribution in [3.63, 3.8) is 0 Å². The van der Waals surface area contributed by atoms with E-state index in [1.54, 1.807) is 0 Å². The van der Waals surface area contributed by atoms with E-state index in [9.17, 15) is 43.2 Å². The van der Waals surface area contributed by atoms with Gasteiger partial charge in [0.15, 0.2) is 12.2 Å². The van der Waals surface area contributed by atoms with Gasteiger partial charge in [0, 0.05) is 25.7 Å². The molecule has 0 aliphatic heterocycles. The number of phosphoric ester groups is 2. The normalized spacial score (nSPS) is 14.4. The smallest absolute Gasteiger partial charge is 0.462 e. The molecule has 17 nitrogen and oxygen atoms in total. The van der Waals surface area contributed by atoms with Crippen LogP contribution in [0.3, 0.4) is 0 Å². The molecular weight excluding hydrogens is 1170 g/mol. The Morgan fingerprint density at radius 2 is 0.573 bits per heavy atom. The third-order valence-corrected chi connectivity index (χ3v) is 18.5. The van der Waals surface area contributed by atoms with Crippen molar-refractivity contribution < 1.29 is 80.2 Å². The van der Waals surface area contributed by atoms with Crippen LogP contribution in [0.2, 0.25) is 0 Å². The quantitative estimate of drug-likeness (QED) is 0.0222. The zero-order valence-corrected chi connectivity index (χ0v) is 59.5. The minimum Gasteiger partial charge on any atom is -0.462 e. The summed E-state index contributed by atoms with van der Waals surface area (Å²) in [5.41, 5.74) is 0. The summed E-state index contributed by atoms with van der Waals surface area (Å²) in [6.07, 6.45) is 47.5. The van der Waals surface area contributed by atoms with Gasteiger partial charge >= 0.3 is 39.5 Å². The number of carbonyl (C=O) groups excluding carboxylic acids is 4. The first-order valence-electron chi connectivity index (χ1n) is 36.5. The molecule has 0 aliphatic carbocycles. The minimum absolute atomic E-state index is 0.105. The van der Waals surface area contributed by atoms with Crippen LogP contribution in [0.1, 0.15) is 356 Å². The first kappa shape index (κ1) is 87.1. The van der Waals surface area contributed by atoms with Gasteiger partial charge in [-0.15, -0.1) is 0 Å². The van der Waals surface area contributed by atoms with Crippen molar-refractivity contribution in [1.29, 1.82) is 0 Å². The number of aliphatic hydroxyl groups excluding tert-OH is 1. The average molecular weight is 1310 g/mol. The van der Waals surface area contributed by atoms with Crippen molar-refractivity contribution in [2.75, 3.05) is 39.6 Å². The molecule has 0 aliphatic rings. The van der Waals surface area contributed by atoms with E-state index >= 15 is 0 Å². The Morgan fingerprint density at radius 3 is 0.854 bits per heavy atom. The summed E-state index contributed by atoms with van der Waals surface area (Å²) in [5, 5.41) is 10.6. The molecule has 0 bridgehead atoms. The lowest BCUT2D eigenvalue weighted by Gasteiger charge is -2.21. The molecule has 0 aromatic rings. The highest BCUT2D eigenvalue weighted by Gasteiger charge is 2.30. The number of rotatable bonds is 69. The third-order valence-electron chi connectivity index (χ3n) is 16.6. The molecule has 89 heavy (non-hydrogen) atoms. The van der Waals surface area contributed by atoms with Crippen molar-refractivity contribution in [1.82, 2.24) is 0 Å². The first-order valence-corrected chi connectivity index (χ1v) is 39.5. The molecule has 19 heteroatoms. The van der Waals surface area contributed by atoms with Crippen LogP contribution in [0.15, 0.2) is 0 Å². The standard InChI is InChI=1S/C70H136O17P2/c1-7-10-12-14-16-34-40-46-52-67(72)80-58-65(86-69(74)54-48-42-35-17-15-13-11-8-2)60-84-88(76,77)82-56-64(71)57-83-89(78,79)85-61-66(59-81-68(73)53-47-41-36-31-30-32-38-44-50-62(4)5)87-70(75)55-49-43-37-29-27-25-23-21-19-18-20-22-24-26-28-33-39-45-51-63(6)9-3/h62-66,71H,7-61H2,1-6H3,(H,76,77)(H,78,79)/t63?,64-,65+,66+/m0/s1. The highest BCUT2D eigenvalue weighted by atomic mass is 31.2. The summed E-state index contributed by atoms with van der Waals surface area (Å²) in [4.78, 5) is 72.3. The van der Waals surface area contributed by atoms with Gasteiger partial charge in [-0.3, -0.25) is 37.3 Å². The number of hydrogen-bond acceptors (Lipinski definition) is 15. The lowest BCUT2D eigenvalue weighted by atomic mass is 9.99. The Balaban J connectivity index is 5.10. The van der Waals surface area contributed by atoms with E-state index in [0.29, 0.717) is 25.7 Å². The molecule has 0 radical (unpaired) electrons. The predicted molar refractivity (Wildman–Crippen MR) is 358 cm³/mol. The van der Waals surface area contributed by atoms with E-state index in [-0.39, 0.29) is 25.7 Å². The molecule has 6 atom stereocenters. The second-order valence-corrected chi connectivity index (χ2v) is 28.9. The monoisotopic (exact) mass is 1310 g/mol. The molecule has 0 spiro atoms. The summed E-state index contributed by atoms with van der Waals surface area (Å²) in [6, 6.07) is 0. The SMILES string of the molecule is CCCCCCCCCCC(=O)OC[C@H](COP(=O)(O)OC[C@H](O)COP(=O)(O)OC[C@@H](COC(=O)CCCCCCCCCCC(C)C)OC(=O)CCCCCCCCCCCCCCCCCCCCC(C)CC)OC(=O)CCCCCCCCCC. The Labute approximate surface area is 543 Å². The fourth-order valence-corrected chi connectivity index (χ4v) is 12.1. The van der Waals surface area contributed by atoms with Crippen molar-refractivity contribution in [2.45, 2.75) is 374 Å². The van der Waals surface area contributed by atoms with Gasteiger partial charge in [0.1, 0.15) is 19.3 Å². The van der Waals surface area contributed by atoms with Crippen LogP contribution >= 0.6 is 15.6 Å². The van der Waals surface area contributed by atoms with E-state index in [0.717, 1.165) is 115 Å². The molecule has 0 saturated carbocycles. The van der Waals surface area contributed by atoms with Gasteiger partial charge in [-0.1, -0.05) is 305 Å². The number of carbonyl (C=O) groups is 4. The Bertz CT molecular complexity index is 1740. The largest absolute Gasteiger partial charge is 0.472 e. The van der Waals surface area contributed by atoms with Crippen LogP contribution in [0.5, 0.6) is 0 Å². The Kier molecular flexibility index (Phi) is 60.8. The van der Waals surface area contributed by atoms with Crippen molar-refractivity contribution >= 4 is 39.5 Å². The maximum atomic E-state index is 13.0. The molecule has 3 unspecified atom stereocenters. The maximum absolute atomic E-state index is 13.0. The molecule has 0 fully saturated rings. The van der Waals surface area contributed by atoms with Gasteiger partial charge in [0.05, 0.1) is 26.4 Å². The highest BCUT2D eigenvalue weighted by Crippen LogP contribution is 2.45. The lowest BCUT2D eigenvalue weighted by molar-refractivity contribution is -0.161. The van der Waals surface area contributed by atoms with E-state index in [4.69, 9.17) is 37.0 Å². The number of ether oxygens (including phenoxy) is 4. The lowest BCUT2D eigenvalue weighted by Crippen LogP contribution is -2.30. The fraction of sp³-hybridized carbons (Fsp3) is 0.943. The maximum Gasteiger partial charge on any atom is 0.472 e. The van der Waals surface area contributed by atoms with E-state index < -0.39 is 97.5 Å². The van der Waals surface area contributed by atoms with Gasteiger partial charge in [-0.05, 0) is 37.5 Å². The fourth-order valence-electron chi connectivity index (χ4n) is 10.6. The minimum atomic E-state index is -4.95. The average Bonchev–Trinajstić information content (AvgIpc) is 3.71. The zero-order chi connectivity index (χ0) is 65.7. The van der Waals surface area contributed by atoms with Gasteiger partial charge in [0.25, 0.3) is 0 Å². The summed E-state index contributed by atoms with van der Waals surface area (Å²) in [5.74, 6) is -0.534. The summed E-state index contributed by atoms with van der Waals surface area (Å²) >= 11 is 0. The second kappa shape index (κ2) is 62.2. The van der Waals surface area contributed by atoms with Crippen molar-refractivity contribution in [3.05, 3.63) is 0 Å². The zero-order valence-electron chi connectivity index (χ0n) is 57.7. The van der Waals surface area contributed by atoms with Crippen LogP contribution < -0.4 is 0 Å². The van der Waals surface area contributed by atoms with E-state index in [2.05, 4.69) is 41.5 Å². The highest BCUT2D eigenvalue weighted by molar-refractivity contribution is 7.47. The molecule has 0 heterocycles. The van der Waals surface area contributed by atoms with Crippen molar-refractivity contribution in [3.8, 4) is 0 Å². The molecule has 0 saturated heterocycles. The van der Waals surface area contributed by atoms with Crippen LogP contribution in [-0.4, -0.2) is 96.7 Å². The van der Waals surface area contributed by atoms with Gasteiger partial charge in [-0.2, -0.15) is 0 Å². The van der Waals surface area contributed by atoms with E-state index in [1.807, 2.05) is 0 Å². The van der Waals surface area contributed by atoms with Crippen LogP contribution in [0.25, 0.3) is 0 Å². The van der Waals surface area contributed by atoms with Crippen molar-refractivity contribution in [2.24, 2.45) is 11.8 Å². The van der Waals surface area contributed by atoms with Gasteiger partial charge in [0.2, 0.25) is 0 Å². The van der Waals surface area contributed by atoms with Gasteiger partial charge in [-0.25, -0.2) is 9.13 Å². The third kappa shape index (κ3) is 63.2. The summed E-state index contributed by atoms with van der Waals surface area (Å²) < 4.78 is 68.1. The number of hydrogen-bond donors (Lipinski definition) is 3. The summed E-state index contributed by atoms with van der Waals surface area (Å²) in [7, 11) is -9.89. The topological polar surface area (TPSA) is 237 Å². The molecule has 0 aromatic carbocycles. The number of unbranched alkanes of at least 4 members (excludes halogenated alkanes) is 38. The molecule has 0 amide bonds. The molecule has 3 N–H and O–H groups in total.